The number of rotatable bonds is 7. The van der Waals surface area contributed by atoms with E-state index in [2.05, 4.69) is 40.7 Å². The van der Waals surface area contributed by atoms with Gasteiger partial charge in [0.2, 0.25) is 0 Å². The predicted molar refractivity (Wildman–Crippen MR) is 149 cm³/mol. The van der Waals surface area contributed by atoms with E-state index < -0.39 is 0 Å². The second-order valence-corrected chi connectivity index (χ2v) is 13.9. The summed E-state index contributed by atoms with van der Waals surface area (Å²) >= 11 is 0. The number of carbonyl (C=O) groups excluding carboxylic acids is 1. The van der Waals surface area contributed by atoms with Crippen LogP contribution < -0.4 is 0 Å². The average Bonchev–Trinajstić information content (AvgIpc) is 3.22. The molecule has 3 fully saturated rings. The molecule has 0 unspecified atom stereocenters. The molecule has 0 bridgehead atoms. The molecule has 0 radical (unpaired) electrons. The van der Waals surface area contributed by atoms with E-state index in [4.69, 9.17) is 4.74 Å². The van der Waals surface area contributed by atoms with Gasteiger partial charge in [-0.2, -0.15) is 0 Å². The van der Waals surface area contributed by atoms with Gasteiger partial charge in [-0.1, -0.05) is 83.7 Å². The van der Waals surface area contributed by atoms with Crippen LogP contribution in [0, 0.1) is 46.3 Å². The molecule has 2 nitrogen and oxygen atoms in total. The normalized spacial score (nSPS) is 38.5. The summed E-state index contributed by atoms with van der Waals surface area (Å²) in [4.78, 5) is 12.7. The van der Waals surface area contributed by atoms with Gasteiger partial charge < -0.3 is 4.74 Å². The third-order valence-electron chi connectivity index (χ3n) is 11.5. The van der Waals surface area contributed by atoms with Crippen LogP contribution in [0.25, 0.3) is 0 Å². The number of carbonyl (C=O) groups is 1. The Labute approximate surface area is 220 Å². The van der Waals surface area contributed by atoms with Crippen molar-refractivity contribution in [3.05, 3.63) is 47.5 Å². The molecule has 0 N–H and O–H groups in total. The van der Waals surface area contributed by atoms with E-state index in [-0.39, 0.29) is 12.1 Å². The van der Waals surface area contributed by atoms with Gasteiger partial charge >= 0.3 is 5.97 Å². The van der Waals surface area contributed by atoms with Crippen molar-refractivity contribution in [2.75, 3.05) is 0 Å². The molecule has 3 saturated carbocycles. The Morgan fingerprint density at radius 2 is 1.75 bits per heavy atom. The van der Waals surface area contributed by atoms with E-state index in [0.717, 1.165) is 48.3 Å². The van der Waals surface area contributed by atoms with Crippen LogP contribution in [0.5, 0.6) is 0 Å². The predicted octanol–water partition coefficient (Wildman–Crippen LogP) is 9.25. The smallest absolute Gasteiger partial charge is 0.338 e. The largest absolute Gasteiger partial charge is 0.458 e. The first-order chi connectivity index (χ1) is 17.2. The first-order valence-electron chi connectivity index (χ1n) is 15.2. The van der Waals surface area contributed by atoms with Gasteiger partial charge in [0, 0.05) is 6.42 Å². The van der Waals surface area contributed by atoms with Crippen molar-refractivity contribution < 1.29 is 9.53 Å². The molecule has 2 heteroatoms. The number of hydrogen-bond acceptors (Lipinski definition) is 2. The molecule has 8 atom stereocenters. The Morgan fingerprint density at radius 1 is 0.972 bits per heavy atom. The molecule has 0 aliphatic heterocycles. The molecule has 0 heterocycles. The molecular formula is C34H50O2. The van der Waals surface area contributed by atoms with Crippen molar-refractivity contribution in [1.29, 1.82) is 0 Å². The van der Waals surface area contributed by atoms with Gasteiger partial charge in [-0.25, -0.2) is 4.79 Å². The Kier molecular flexibility index (Phi) is 7.45. The van der Waals surface area contributed by atoms with Crippen LogP contribution in [0.2, 0.25) is 0 Å². The summed E-state index contributed by atoms with van der Waals surface area (Å²) in [6, 6.07) is 9.49. The Bertz CT molecular complexity index is 947. The number of allylic oxidation sites excluding steroid dienone is 1. The zero-order valence-corrected chi connectivity index (χ0v) is 23.6. The van der Waals surface area contributed by atoms with Crippen LogP contribution in [-0.2, 0) is 4.74 Å². The molecular weight excluding hydrogens is 440 g/mol. The summed E-state index contributed by atoms with van der Waals surface area (Å²) in [5.74, 6) is 5.03. The number of fused-ring (bicyclic) bond motifs is 5. The Morgan fingerprint density at radius 3 is 2.50 bits per heavy atom. The van der Waals surface area contributed by atoms with E-state index in [1.165, 1.54) is 57.8 Å². The van der Waals surface area contributed by atoms with Crippen molar-refractivity contribution in [2.24, 2.45) is 46.3 Å². The Balaban J connectivity index is 1.25. The van der Waals surface area contributed by atoms with Gasteiger partial charge in [0.15, 0.2) is 0 Å². The third kappa shape index (κ3) is 4.71. The highest BCUT2D eigenvalue weighted by Crippen LogP contribution is 2.67. The fourth-order valence-electron chi connectivity index (χ4n) is 9.55. The average molecular weight is 491 g/mol. The first kappa shape index (κ1) is 26.1. The second kappa shape index (κ2) is 10.3. The lowest BCUT2D eigenvalue weighted by atomic mass is 9.47. The van der Waals surface area contributed by atoms with Crippen molar-refractivity contribution in [3.63, 3.8) is 0 Å². The van der Waals surface area contributed by atoms with Crippen molar-refractivity contribution in [2.45, 2.75) is 111 Å². The molecule has 5 rings (SSSR count). The summed E-state index contributed by atoms with van der Waals surface area (Å²) in [6.45, 7) is 12.6. The van der Waals surface area contributed by atoms with Crippen LogP contribution in [0.1, 0.15) is 116 Å². The number of esters is 1. The van der Waals surface area contributed by atoms with Gasteiger partial charge in [-0.05, 0) is 103 Å². The highest BCUT2D eigenvalue weighted by molar-refractivity contribution is 5.89. The van der Waals surface area contributed by atoms with Crippen LogP contribution in [0.3, 0.4) is 0 Å². The van der Waals surface area contributed by atoms with Crippen molar-refractivity contribution in [1.82, 2.24) is 0 Å². The molecule has 1 aromatic rings. The minimum Gasteiger partial charge on any atom is -0.458 e. The zero-order chi connectivity index (χ0) is 25.5. The summed E-state index contributed by atoms with van der Waals surface area (Å²) in [7, 11) is 0. The third-order valence-corrected chi connectivity index (χ3v) is 11.5. The van der Waals surface area contributed by atoms with Gasteiger partial charge in [-0.3, -0.25) is 0 Å². The molecule has 36 heavy (non-hydrogen) atoms. The summed E-state index contributed by atoms with van der Waals surface area (Å²) < 4.78 is 6.00. The van der Waals surface area contributed by atoms with Gasteiger partial charge in [0.1, 0.15) is 6.10 Å². The van der Waals surface area contributed by atoms with Crippen LogP contribution in [0.4, 0.5) is 0 Å². The van der Waals surface area contributed by atoms with E-state index in [1.54, 1.807) is 5.57 Å². The lowest BCUT2D eigenvalue weighted by Crippen LogP contribution is -2.51. The molecule has 1 aromatic carbocycles. The lowest BCUT2D eigenvalue weighted by Gasteiger charge is -2.58. The van der Waals surface area contributed by atoms with E-state index >= 15 is 0 Å². The Hall–Kier alpha value is -1.57. The van der Waals surface area contributed by atoms with Gasteiger partial charge in [0.25, 0.3) is 0 Å². The fourth-order valence-corrected chi connectivity index (χ4v) is 9.55. The maximum Gasteiger partial charge on any atom is 0.338 e. The topological polar surface area (TPSA) is 26.3 Å². The second-order valence-electron chi connectivity index (χ2n) is 13.9. The maximum atomic E-state index is 12.7. The van der Waals surface area contributed by atoms with Crippen LogP contribution >= 0.6 is 0 Å². The lowest BCUT2D eigenvalue weighted by molar-refractivity contribution is -0.0594. The molecule has 4 aliphatic carbocycles. The van der Waals surface area contributed by atoms with E-state index in [9.17, 15) is 4.79 Å². The summed E-state index contributed by atoms with van der Waals surface area (Å²) in [5, 5.41) is 0. The highest BCUT2D eigenvalue weighted by Gasteiger charge is 2.59. The fraction of sp³-hybridized carbons (Fsp3) is 0.735. The number of benzene rings is 1. The van der Waals surface area contributed by atoms with Gasteiger partial charge in [-0.15, -0.1) is 0 Å². The van der Waals surface area contributed by atoms with Crippen LogP contribution in [-0.4, -0.2) is 12.1 Å². The van der Waals surface area contributed by atoms with Crippen molar-refractivity contribution in [3.8, 4) is 0 Å². The number of hydrogen-bond donors (Lipinski definition) is 0. The van der Waals surface area contributed by atoms with E-state index in [0.29, 0.717) is 16.4 Å². The minimum absolute atomic E-state index is 0.0324. The number of ether oxygens (including phenoxy) is 1. The quantitative estimate of drug-likeness (QED) is 0.281. The monoisotopic (exact) mass is 490 g/mol. The molecule has 4 aliphatic rings. The minimum atomic E-state index is -0.161. The molecule has 0 spiro atoms. The summed E-state index contributed by atoms with van der Waals surface area (Å²) in [5.41, 5.74) is 3.12. The van der Waals surface area contributed by atoms with Gasteiger partial charge in [0.05, 0.1) is 5.56 Å². The summed E-state index contributed by atoms with van der Waals surface area (Å²) in [6.07, 6.45) is 17.0. The SMILES string of the molecule is CC(C)CCC[C@H](C)[C@H]1CC[C@@H]2[C@@H]3CC=C4C[C@H](OC(=O)c5ccccc5)CC[C@]4(C)[C@H]3CC[C@@]21C. The molecule has 0 amide bonds. The molecule has 198 valence electrons. The van der Waals surface area contributed by atoms with E-state index in [1.807, 2.05) is 30.3 Å². The van der Waals surface area contributed by atoms with Crippen LogP contribution in [0.15, 0.2) is 42.0 Å². The zero-order valence-electron chi connectivity index (χ0n) is 23.6. The standard InChI is InChI=1S/C34H50O2/c1-23(2)10-9-11-24(3)29-16-17-30-28-15-14-26-22-27(36-32(35)25-12-7-6-8-13-25)18-20-33(26,4)31(28)19-21-34(29,30)5/h6-8,12-14,23-24,27-31H,9-11,15-22H2,1-5H3/t24-,27+,28-,29+,30+,31-,33-,34+/m0/s1. The molecule has 0 saturated heterocycles. The maximum absolute atomic E-state index is 12.7. The molecule has 0 aromatic heterocycles. The first-order valence-corrected chi connectivity index (χ1v) is 15.2. The highest BCUT2D eigenvalue weighted by atomic mass is 16.5. The van der Waals surface area contributed by atoms with Crippen molar-refractivity contribution >= 4 is 5.97 Å².